The van der Waals surface area contributed by atoms with Crippen molar-refractivity contribution in [2.24, 2.45) is 0 Å². The largest absolute Gasteiger partial charge is 0.456 e. The standard InChI is InChI=1S/C60H48BN2O3/c1-58(2,3)32-20-22-33(23-21-32)62-44-30-50-37(34-14-8-11-17-47(34)64-50)26-39(44)54-55-56-52(53-36-16-10-13-19-49(36)66-57(53)54)40-27-41-42(60(6,7)25-24-59(41,4)5)29-45(40)63(56)46-31-51-38(28-43(46)61-55)35-15-9-12-18-48(35)65-51/h8-23,26-31,62H,24-25H2,1-7H3. The van der Waals surface area contributed by atoms with Gasteiger partial charge >= 0.3 is 0 Å². The van der Waals surface area contributed by atoms with Crippen LogP contribution in [0.15, 0.2) is 147 Å². The number of aromatic nitrogens is 1. The quantitative estimate of drug-likeness (QED) is 0.180. The summed E-state index contributed by atoms with van der Waals surface area (Å²) in [7, 11) is 2.42. The number of hydrogen-bond acceptors (Lipinski definition) is 4. The minimum Gasteiger partial charge on any atom is -0.456 e. The molecule has 0 atom stereocenters. The molecule has 0 saturated heterocycles. The van der Waals surface area contributed by atoms with Crippen LogP contribution in [0, 0.1) is 0 Å². The van der Waals surface area contributed by atoms with Gasteiger partial charge in [0.05, 0.1) is 11.2 Å². The number of nitrogens with one attached hydrogen (secondary N) is 1. The highest BCUT2D eigenvalue weighted by molar-refractivity contribution is 6.74. The molecule has 2 aliphatic rings. The number of fused-ring (bicyclic) bond motifs is 16. The van der Waals surface area contributed by atoms with Crippen LogP contribution in [0.1, 0.15) is 78.0 Å². The molecule has 4 aromatic heterocycles. The molecule has 319 valence electrons. The summed E-state index contributed by atoms with van der Waals surface area (Å²) in [6.45, 7) is 16.5. The Morgan fingerprint density at radius 2 is 1.15 bits per heavy atom. The van der Waals surface area contributed by atoms with E-state index in [0.29, 0.717) is 0 Å². The average Bonchev–Trinajstić information content (AvgIpc) is 4.06. The Labute approximate surface area is 383 Å². The maximum atomic E-state index is 7.30. The second kappa shape index (κ2) is 12.8. The van der Waals surface area contributed by atoms with E-state index in [1.807, 2.05) is 6.07 Å². The van der Waals surface area contributed by atoms with Crippen molar-refractivity contribution in [3.8, 4) is 16.8 Å². The first-order chi connectivity index (χ1) is 31.8. The molecule has 12 aromatic rings. The first kappa shape index (κ1) is 38.1. The average molecular weight is 856 g/mol. The number of furan rings is 3. The van der Waals surface area contributed by atoms with Gasteiger partial charge in [0, 0.05) is 83.2 Å². The second-order valence-corrected chi connectivity index (χ2v) is 21.4. The predicted molar refractivity (Wildman–Crippen MR) is 277 cm³/mol. The zero-order valence-electron chi connectivity index (χ0n) is 38.4. The van der Waals surface area contributed by atoms with Crippen LogP contribution in [0.4, 0.5) is 11.4 Å². The van der Waals surface area contributed by atoms with E-state index in [1.165, 1.54) is 38.5 Å². The van der Waals surface area contributed by atoms with Crippen LogP contribution in [0.5, 0.6) is 0 Å². The fourth-order valence-electron chi connectivity index (χ4n) is 11.8. The number of para-hydroxylation sites is 3. The number of nitrogens with zero attached hydrogens (tertiary/aromatic N) is 1. The summed E-state index contributed by atoms with van der Waals surface area (Å²) in [5, 5.41) is 13.0. The predicted octanol–water partition coefficient (Wildman–Crippen LogP) is 15.5. The third kappa shape index (κ3) is 5.18. The van der Waals surface area contributed by atoms with Gasteiger partial charge in [0.25, 0.3) is 0 Å². The maximum absolute atomic E-state index is 7.30. The van der Waals surface area contributed by atoms with Gasteiger partial charge in [0.1, 0.15) is 33.5 Å². The second-order valence-electron chi connectivity index (χ2n) is 21.4. The lowest BCUT2D eigenvalue weighted by atomic mass is 9.58. The molecule has 5 heterocycles. The fraction of sp³-hybridized carbons (Fsp3) is 0.200. The Bertz CT molecular complexity index is 4090. The SMILES string of the molecule is CC(C)(C)c1ccc(Nc2cc3oc4ccccc4c3cc2-c2c3c4c(c5cc6c(cc5n4-c4cc5oc7ccccc7c5cc4[B]3)C(C)(C)CCC6(C)C)c3c2oc2ccccc23)cc1. The molecule has 0 saturated carbocycles. The van der Waals surface area contributed by atoms with Crippen molar-refractivity contribution >= 4 is 117 Å². The molecule has 0 amide bonds. The van der Waals surface area contributed by atoms with E-state index in [0.717, 1.165) is 118 Å². The molecule has 0 spiro atoms. The van der Waals surface area contributed by atoms with E-state index in [9.17, 15) is 0 Å². The third-order valence-electron chi connectivity index (χ3n) is 15.4. The van der Waals surface area contributed by atoms with E-state index in [1.54, 1.807) is 0 Å². The highest BCUT2D eigenvalue weighted by Gasteiger charge is 2.40. The lowest BCUT2D eigenvalue weighted by Gasteiger charge is -2.42. The van der Waals surface area contributed by atoms with E-state index >= 15 is 0 Å². The number of hydrogen-bond donors (Lipinski definition) is 1. The number of benzene rings is 8. The lowest BCUT2D eigenvalue weighted by Crippen LogP contribution is -2.37. The van der Waals surface area contributed by atoms with Crippen molar-refractivity contribution in [1.82, 2.24) is 4.57 Å². The van der Waals surface area contributed by atoms with Gasteiger partial charge in [0.2, 0.25) is 0 Å². The molecule has 1 aliphatic heterocycles. The summed E-state index contributed by atoms with van der Waals surface area (Å²) in [5.41, 5.74) is 19.3. The summed E-state index contributed by atoms with van der Waals surface area (Å²) >= 11 is 0. The summed E-state index contributed by atoms with van der Waals surface area (Å²) < 4.78 is 23.2. The maximum Gasteiger partial charge on any atom is 0.198 e. The van der Waals surface area contributed by atoms with Crippen molar-refractivity contribution in [3.63, 3.8) is 0 Å². The smallest absolute Gasteiger partial charge is 0.198 e. The first-order valence-electron chi connectivity index (χ1n) is 23.4. The molecule has 66 heavy (non-hydrogen) atoms. The van der Waals surface area contributed by atoms with Crippen LogP contribution >= 0.6 is 0 Å². The van der Waals surface area contributed by atoms with Gasteiger partial charge in [-0.3, -0.25) is 0 Å². The normalized spacial score (nSPS) is 15.4. The molecule has 1 radical (unpaired) electrons. The molecule has 0 bridgehead atoms. The third-order valence-corrected chi connectivity index (χ3v) is 15.4. The molecule has 0 fully saturated rings. The van der Waals surface area contributed by atoms with Gasteiger partial charge in [-0.05, 0) is 99.8 Å². The highest BCUT2D eigenvalue weighted by atomic mass is 16.3. The van der Waals surface area contributed by atoms with Crippen molar-refractivity contribution in [2.75, 3.05) is 5.32 Å². The molecule has 1 aliphatic carbocycles. The Balaban J connectivity index is 1.17. The van der Waals surface area contributed by atoms with Gasteiger partial charge in [-0.25, -0.2) is 0 Å². The molecule has 1 N–H and O–H groups in total. The summed E-state index contributed by atoms with van der Waals surface area (Å²) in [6.07, 6.45) is 2.27. The molecule has 0 unspecified atom stereocenters. The van der Waals surface area contributed by atoms with Gasteiger partial charge in [-0.2, -0.15) is 0 Å². The molecular weight excluding hydrogens is 807 g/mol. The summed E-state index contributed by atoms with van der Waals surface area (Å²) in [6, 6.07) is 48.5. The van der Waals surface area contributed by atoms with E-state index in [-0.39, 0.29) is 16.2 Å². The number of rotatable bonds is 3. The summed E-state index contributed by atoms with van der Waals surface area (Å²) in [4.78, 5) is 0. The van der Waals surface area contributed by atoms with Crippen LogP contribution in [0.3, 0.4) is 0 Å². The topological polar surface area (TPSA) is 56.4 Å². The van der Waals surface area contributed by atoms with E-state index < -0.39 is 0 Å². The molecule has 8 aromatic carbocycles. The zero-order chi connectivity index (χ0) is 44.6. The minimum absolute atomic E-state index is 0.0160. The Kier molecular flexibility index (Phi) is 7.39. The van der Waals surface area contributed by atoms with Gasteiger partial charge in [-0.15, -0.1) is 0 Å². The van der Waals surface area contributed by atoms with Gasteiger partial charge in [-0.1, -0.05) is 127 Å². The van der Waals surface area contributed by atoms with Crippen LogP contribution in [-0.4, -0.2) is 11.8 Å². The Morgan fingerprint density at radius 1 is 0.561 bits per heavy atom. The Morgan fingerprint density at radius 3 is 1.82 bits per heavy atom. The first-order valence-corrected chi connectivity index (χ1v) is 23.4. The van der Waals surface area contributed by atoms with Gasteiger partial charge < -0.3 is 23.1 Å². The van der Waals surface area contributed by atoms with Crippen LogP contribution < -0.4 is 16.2 Å². The molecule has 5 nitrogen and oxygen atoms in total. The highest BCUT2D eigenvalue weighted by Crippen LogP contribution is 2.52. The number of anilines is 2. The van der Waals surface area contributed by atoms with Crippen LogP contribution in [-0.2, 0) is 16.2 Å². The fourth-order valence-corrected chi connectivity index (χ4v) is 11.8. The molecule has 6 heteroatoms. The monoisotopic (exact) mass is 855 g/mol. The minimum atomic E-state index is 0.0160. The zero-order valence-corrected chi connectivity index (χ0v) is 38.4. The van der Waals surface area contributed by atoms with Crippen molar-refractivity contribution in [3.05, 3.63) is 150 Å². The van der Waals surface area contributed by atoms with E-state index in [2.05, 4.69) is 193 Å². The molecular formula is C60H48BN2O3. The molecule has 14 rings (SSSR count). The Hall–Kier alpha value is -7.18. The van der Waals surface area contributed by atoms with Crippen LogP contribution in [0.2, 0.25) is 0 Å². The van der Waals surface area contributed by atoms with Crippen molar-refractivity contribution in [1.29, 1.82) is 0 Å². The van der Waals surface area contributed by atoms with Crippen molar-refractivity contribution < 1.29 is 13.3 Å². The van der Waals surface area contributed by atoms with Crippen LogP contribution in [0.25, 0.3) is 104 Å². The summed E-state index contributed by atoms with van der Waals surface area (Å²) in [5.74, 6) is 0. The lowest BCUT2D eigenvalue weighted by molar-refractivity contribution is 0.332. The van der Waals surface area contributed by atoms with Gasteiger partial charge in [0.15, 0.2) is 7.28 Å². The van der Waals surface area contributed by atoms with E-state index in [4.69, 9.17) is 13.3 Å². The van der Waals surface area contributed by atoms with Crippen molar-refractivity contribution in [2.45, 2.75) is 77.6 Å².